The molecule has 2 aromatic carbocycles. The highest BCUT2D eigenvalue weighted by molar-refractivity contribution is 5.86. The van der Waals surface area contributed by atoms with Gasteiger partial charge in [0, 0.05) is 32.1 Å². The van der Waals surface area contributed by atoms with E-state index in [4.69, 9.17) is 0 Å². The fraction of sp³-hybridized carbons (Fsp3) is 0.567. The molecular formula is C30H40N2O2. The van der Waals surface area contributed by atoms with Gasteiger partial charge in [0.1, 0.15) is 0 Å². The monoisotopic (exact) mass is 460 g/mol. The SMILES string of the molecule is CC(C)(C)c1ccc(CN2CC3C(CNC(=O)[C@@](O)(c4ccccc4)C4CCCC4)[C@H]3C2)cc1. The minimum Gasteiger partial charge on any atom is -0.375 e. The molecule has 4 heteroatoms. The first-order chi connectivity index (χ1) is 16.3. The smallest absolute Gasteiger partial charge is 0.256 e. The first-order valence-electron chi connectivity index (χ1n) is 13.1. The number of nitrogens with zero attached hydrogens (tertiary/aromatic N) is 1. The molecule has 4 atom stereocenters. The average Bonchev–Trinajstić information content (AvgIpc) is 3.22. The first kappa shape index (κ1) is 23.6. The van der Waals surface area contributed by atoms with Crippen LogP contribution < -0.4 is 5.32 Å². The first-order valence-corrected chi connectivity index (χ1v) is 13.1. The maximum Gasteiger partial charge on any atom is 0.256 e. The number of amides is 1. The van der Waals surface area contributed by atoms with Gasteiger partial charge >= 0.3 is 0 Å². The molecule has 1 saturated heterocycles. The summed E-state index contributed by atoms with van der Waals surface area (Å²) in [4.78, 5) is 15.9. The normalized spacial score (nSPS) is 26.8. The van der Waals surface area contributed by atoms with Gasteiger partial charge in [-0.2, -0.15) is 0 Å². The Labute approximate surface area is 204 Å². The Hall–Kier alpha value is -2.17. The molecule has 0 bridgehead atoms. The number of fused-ring (bicyclic) bond motifs is 1. The maximum absolute atomic E-state index is 13.3. The molecule has 3 aliphatic rings. The molecule has 34 heavy (non-hydrogen) atoms. The van der Waals surface area contributed by atoms with E-state index < -0.39 is 5.60 Å². The Morgan fingerprint density at radius 2 is 1.56 bits per heavy atom. The molecule has 2 saturated carbocycles. The molecule has 4 nitrogen and oxygen atoms in total. The average molecular weight is 461 g/mol. The number of hydrogen-bond acceptors (Lipinski definition) is 3. The molecule has 0 spiro atoms. The Kier molecular flexibility index (Phi) is 6.32. The van der Waals surface area contributed by atoms with Crippen molar-refractivity contribution in [1.82, 2.24) is 10.2 Å². The quantitative estimate of drug-likeness (QED) is 0.621. The molecular weight excluding hydrogens is 420 g/mol. The van der Waals surface area contributed by atoms with Crippen LogP contribution in [-0.4, -0.2) is 35.5 Å². The van der Waals surface area contributed by atoms with E-state index in [1.54, 1.807) is 0 Å². The summed E-state index contributed by atoms with van der Waals surface area (Å²) in [5.41, 5.74) is 2.27. The van der Waals surface area contributed by atoms with Crippen molar-refractivity contribution in [3.63, 3.8) is 0 Å². The molecule has 2 aliphatic carbocycles. The summed E-state index contributed by atoms with van der Waals surface area (Å²) in [6, 6.07) is 18.6. The molecule has 1 amide bonds. The van der Waals surface area contributed by atoms with E-state index >= 15 is 0 Å². The van der Waals surface area contributed by atoms with Crippen LogP contribution in [0.4, 0.5) is 0 Å². The lowest BCUT2D eigenvalue weighted by molar-refractivity contribution is -0.147. The number of carbonyl (C=O) groups is 1. The van der Waals surface area contributed by atoms with Crippen molar-refractivity contribution in [3.8, 4) is 0 Å². The summed E-state index contributed by atoms with van der Waals surface area (Å²) < 4.78 is 0. The fourth-order valence-corrected chi connectivity index (χ4v) is 6.47. The van der Waals surface area contributed by atoms with Crippen molar-refractivity contribution in [1.29, 1.82) is 0 Å². The number of aliphatic hydroxyl groups is 1. The highest BCUT2D eigenvalue weighted by atomic mass is 16.3. The zero-order chi connectivity index (χ0) is 23.9. The third-order valence-corrected chi connectivity index (χ3v) is 8.68. The van der Waals surface area contributed by atoms with Crippen LogP contribution in [0.3, 0.4) is 0 Å². The zero-order valence-electron chi connectivity index (χ0n) is 21.0. The Balaban J connectivity index is 1.14. The number of hydrogen-bond donors (Lipinski definition) is 2. The van der Waals surface area contributed by atoms with Gasteiger partial charge < -0.3 is 10.4 Å². The molecule has 3 fully saturated rings. The summed E-state index contributed by atoms with van der Waals surface area (Å²) in [6.45, 7) is 10.7. The van der Waals surface area contributed by atoms with E-state index in [-0.39, 0.29) is 17.2 Å². The predicted molar refractivity (Wildman–Crippen MR) is 136 cm³/mol. The van der Waals surface area contributed by atoms with Crippen molar-refractivity contribution >= 4 is 5.91 Å². The van der Waals surface area contributed by atoms with E-state index in [1.807, 2.05) is 30.3 Å². The Morgan fingerprint density at radius 1 is 0.941 bits per heavy atom. The van der Waals surface area contributed by atoms with Crippen molar-refractivity contribution in [3.05, 3.63) is 71.3 Å². The number of piperidine rings is 1. The molecule has 0 aromatic heterocycles. The van der Waals surface area contributed by atoms with Gasteiger partial charge in [-0.25, -0.2) is 0 Å². The predicted octanol–water partition coefficient (Wildman–Crippen LogP) is 4.86. The van der Waals surface area contributed by atoms with Crippen LogP contribution in [-0.2, 0) is 22.4 Å². The molecule has 2 unspecified atom stereocenters. The molecule has 2 aromatic rings. The highest BCUT2D eigenvalue weighted by Gasteiger charge is 2.55. The van der Waals surface area contributed by atoms with Gasteiger partial charge in [0.15, 0.2) is 5.60 Å². The van der Waals surface area contributed by atoms with Gasteiger partial charge in [-0.05, 0) is 52.7 Å². The van der Waals surface area contributed by atoms with Crippen LogP contribution in [0.25, 0.3) is 0 Å². The largest absolute Gasteiger partial charge is 0.375 e. The Morgan fingerprint density at radius 3 is 2.15 bits per heavy atom. The van der Waals surface area contributed by atoms with E-state index in [0.29, 0.717) is 24.3 Å². The summed E-state index contributed by atoms with van der Waals surface area (Å²) in [6.07, 6.45) is 4.02. The molecule has 5 rings (SSSR count). The van der Waals surface area contributed by atoms with Crippen LogP contribution in [0, 0.1) is 23.7 Å². The minimum absolute atomic E-state index is 0.00812. The van der Waals surface area contributed by atoms with Crippen LogP contribution >= 0.6 is 0 Å². The molecule has 1 heterocycles. The standard InChI is InChI=1S/C30H40N2O2/c1-29(2,3)22-15-13-21(14-16-22)18-32-19-26-25(27(26)20-32)17-31-28(33)30(34,24-11-7-8-12-24)23-9-5-4-6-10-23/h4-6,9-10,13-16,24-27,34H,7-8,11-12,17-20H2,1-3H3,(H,31,33)/t25?,26-,27?,30-/m1/s1. The third-order valence-electron chi connectivity index (χ3n) is 8.68. The van der Waals surface area contributed by atoms with E-state index in [9.17, 15) is 9.90 Å². The number of nitrogens with one attached hydrogen (secondary N) is 1. The number of rotatable bonds is 7. The van der Waals surface area contributed by atoms with Gasteiger partial charge in [0.05, 0.1) is 0 Å². The van der Waals surface area contributed by atoms with Crippen molar-refractivity contribution in [2.75, 3.05) is 19.6 Å². The van der Waals surface area contributed by atoms with Gasteiger partial charge in [-0.15, -0.1) is 0 Å². The number of benzene rings is 2. The topological polar surface area (TPSA) is 52.6 Å². The Bertz CT molecular complexity index is 979. The fourth-order valence-electron chi connectivity index (χ4n) is 6.47. The zero-order valence-corrected chi connectivity index (χ0v) is 21.0. The van der Waals surface area contributed by atoms with Crippen LogP contribution in [0.5, 0.6) is 0 Å². The highest BCUT2D eigenvalue weighted by Crippen LogP contribution is 2.51. The van der Waals surface area contributed by atoms with Gasteiger partial charge in [0.25, 0.3) is 5.91 Å². The van der Waals surface area contributed by atoms with E-state index in [2.05, 4.69) is 55.3 Å². The lowest BCUT2D eigenvalue weighted by atomic mass is 9.79. The molecule has 2 N–H and O–H groups in total. The maximum atomic E-state index is 13.3. The summed E-state index contributed by atoms with van der Waals surface area (Å²) in [5, 5.41) is 14.8. The van der Waals surface area contributed by atoms with E-state index in [1.165, 1.54) is 11.1 Å². The summed E-state index contributed by atoms with van der Waals surface area (Å²) >= 11 is 0. The minimum atomic E-state index is -1.41. The molecule has 1 aliphatic heterocycles. The number of likely N-dealkylation sites (tertiary alicyclic amines) is 1. The summed E-state index contributed by atoms with van der Waals surface area (Å²) in [7, 11) is 0. The third kappa shape index (κ3) is 4.55. The van der Waals surface area contributed by atoms with Gasteiger partial charge in [0.2, 0.25) is 0 Å². The second-order valence-corrected chi connectivity index (χ2v) is 12.0. The summed E-state index contributed by atoms with van der Waals surface area (Å²) in [5.74, 6) is 1.70. The molecule has 0 radical (unpaired) electrons. The lowest BCUT2D eigenvalue weighted by Crippen LogP contribution is -2.49. The van der Waals surface area contributed by atoms with Crippen molar-refractivity contribution in [2.24, 2.45) is 23.7 Å². The second kappa shape index (κ2) is 9.13. The van der Waals surface area contributed by atoms with E-state index in [0.717, 1.165) is 50.9 Å². The second-order valence-electron chi connectivity index (χ2n) is 12.0. The van der Waals surface area contributed by atoms with Gasteiger partial charge in [-0.1, -0.05) is 88.2 Å². The van der Waals surface area contributed by atoms with Gasteiger partial charge in [-0.3, -0.25) is 9.69 Å². The van der Waals surface area contributed by atoms with Crippen molar-refractivity contribution < 1.29 is 9.90 Å². The van der Waals surface area contributed by atoms with Crippen LogP contribution in [0.15, 0.2) is 54.6 Å². The molecule has 182 valence electrons. The van der Waals surface area contributed by atoms with Crippen LogP contribution in [0.1, 0.15) is 63.1 Å². The lowest BCUT2D eigenvalue weighted by Gasteiger charge is -2.33. The van der Waals surface area contributed by atoms with Crippen molar-refractivity contribution in [2.45, 2.75) is 64.0 Å². The van der Waals surface area contributed by atoms with Crippen LogP contribution in [0.2, 0.25) is 0 Å². The number of carbonyl (C=O) groups excluding carboxylic acids is 1.